The molecule has 30 heavy (non-hydrogen) atoms. The number of rotatable bonds is 4. The summed E-state index contributed by atoms with van der Waals surface area (Å²) in [6.07, 6.45) is 4.78. The molecule has 0 fully saturated rings. The van der Waals surface area contributed by atoms with E-state index in [1.54, 1.807) is 6.20 Å². The lowest BCUT2D eigenvalue weighted by Gasteiger charge is -2.32. The maximum absolute atomic E-state index is 13.8. The van der Waals surface area contributed by atoms with Crippen LogP contribution in [0.2, 0.25) is 0 Å². The number of ketones is 1. The van der Waals surface area contributed by atoms with Crippen LogP contribution in [0.5, 0.6) is 5.75 Å². The van der Waals surface area contributed by atoms with Gasteiger partial charge in [0.15, 0.2) is 5.78 Å². The number of nitrogens with zero attached hydrogens (tertiary/aromatic N) is 2. The number of hydrogen-bond acceptors (Lipinski definition) is 4. The molecule has 3 aromatic rings. The predicted molar refractivity (Wildman–Crippen MR) is 109 cm³/mol. The van der Waals surface area contributed by atoms with Crippen LogP contribution in [0.3, 0.4) is 0 Å². The first-order valence-electron chi connectivity index (χ1n) is 9.55. The van der Waals surface area contributed by atoms with Crippen molar-refractivity contribution in [1.29, 1.82) is 0 Å². The Morgan fingerprint density at radius 1 is 1.03 bits per heavy atom. The Labute approximate surface area is 173 Å². The number of fused-ring (bicyclic) bond motifs is 1. The van der Waals surface area contributed by atoms with Crippen molar-refractivity contribution in [3.05, 3.63) is 94.6 Å². The number of aromatic nitrogens is 2. The minimum absolute atomic E-state index is 0.242. The first-order chi connectivity index (χ1) is 14.2. The summed E-state index contributed by atoms with van der Waals surface area (Å²) in [6.45, 7) is 5.91. The molecular formula is C24H20F2N2O2. The van der Waals surface area contributed by atoms with Crippen LogP contribution in [0.25, 0.3) is 5.57 Å². The summed E-state index contributed by atoms with van der Waals surface area (Å²) >= 11 is 0. The average Bonchev–Trinajstić information content (AvgIpc) is 2.68. The molecule has 0 saturated heterocycles. The molecule has 0 saturated carbocycles. The van der Waals surface area contributed by atoms with Crippen LogP contribution >= 0.6 is 0 Å². The van der Waals surface area contributed by atoms with Gasteiger partial charge in [0.2, 0.25) is 0 Å². The van der Waals surface area contributed by atoms with Gasteiger partial charge in [-0.2, -0.15) is 0 Å². The molecule has 1 aliphatic rings. The quantitative estimate of drug-likeness (QED) is 0.566. The van der Waals surface area contributed by atoms with Gasteiger partial charge in [-0.3, -0.25) is 14.8 Å². The van der Waals surface area contributed by atoms with Crippen molar-refractivity contribution < 1.29 is 18.3 Å². The number of aryl methyl sites for hydroxylation is 1. The van der Waals surface area contributed by atoms with Gasteiger partial charge in [0.05, 0.1) is 29.6 Å². The second-order valence-corrected chi connectivity index (χ2v) is 7.80. The lowest BCUT2D eigenvalue weighted by Crippen LogP contribution is -2.29. The van der Waals surface area contributed by atoms with Crippen LogP contribution in [0.1, 0.15) is 46.7 Å². The van der Waals surface area contributed by atoms with Gasteiger partial charge in [0.25, 0.3) is 0 Å². The Bertz CT molecular complexity index is 1150. The number of carbonyl (C=O) groups is 1. The highest BCUT2D eigenvalue weighted by Gasteiger charge is 2.29. The van der Waals surface area contributed by atoms with Gasteiger partial charge in [0, 0.05) is 17.3 Å². The molecule has 0 unspecified atom stereocenters. The Morgan fingerprint density at radius 3 is 2.40 bits per heavy atom. The molecule has 1 aliphatic heterocycles. The number of carbonyl (C=O) groups excluding carboxylic acids is 1. The first kappa shape index (κ1) is 19.9. The molecule has 0 amide bonds. The largest absolute Gasteiger partial charge is 0.483 e. The zero-order valence-electron chi connectivity index (χ0n) is 16.9. The third kappa shape index (κ3) is 3.73. The van der Waals surface area contributed by atoms with E-state index in [1.807, 2.05) is 45.0 Å². The van der Waals surface area contributed by atoms with E-state index in [-0.39, 0.29) is 6.42 Å². The van der Waals surface area contributed by atoms with E-state index in [4.69, 9.17) is 4.74 Å². The van der Waals surface area contributed by atoms with Gasteiger partial charge in [0.1, 0.15) is 23.0 Å². The number of Topliss-reactive ketones (excluding diaryl/α,β-unsaturated/α-hetero) is 1. The van der Waals surface area contributed by atoms with Gasteiger partial charge in [-0.1, -0.05) is 24.3 Å². The molecule has 0 spiro atoms. The fraction of sp³-hybridized carbons (Fsp3) is 0.208. The van der Waals surface area contributed by atoms with E-state index in [0.717, 1.165) is 34.6 Å². The fourth-order valence-electron chi connectivity index (χ4n) is 3.53. The van der Waals surface area contributed by atoms with Gasteiger partial charge in [-0.15, -0.1) is 0 Å². The second-order valence-electron chi connectivity index (χ2n) is 7.80. The molecule has 4 nitrogen and oxygen atoms in total. The van der Waals surface area contributed by atoms with Crippen LogP contribution in [-0.2, 0) is 6.42 Å². The van der Waals surface area contributed by atoms with Crippen LogP contribution in [0.4, 0.5) is 8.78 Å². The maximum Gasteiger partial charge on any atom is 0.174 e. The number of halogens is 2. The molecule has 0 bridgehead atoms. The molecule has 4 rings (SSSR count). The molecule has 0 N–H and O–H groups in total. The fourth-order valence-corrected chi connectivity index (χ4v) is 3.53. The minimum atomic E-state index is -0.883. The van der Waals surface area contributed by atoms with Crippen LogP contribution in [-0.4, -0.2) is 21.4 Å². The van der Waals surface area contributed by atoms with Crippen molar-refractivity contribution >= 4 is 11.4 Å². The Morgan fingerprint density at radius 2 is 1.73 bits per heavy atom. The molecule has 1 aromatic heterocycles. The van der Waals surface area contributed by atoms with Crippen molar-refractivity contribution in [3.8, 4) is 5.75 Å². The summed E-state index contributed by atoms with van der Waals surface area (Å²) in [4.78, 5) is 21.1. The van der Waals surface area contributed by atoms with Crippen molar-refractivity contribution in [2.75, 3.05) is 0 Å². The Kier molecular flexibility index (Phi) is 4.94. The first-order valence-corrected chi connectivity index (χ1v) is 9.55. The van der Waals surface area contributed by atoms with Crippen molar-refractivity contribution in [2.45, 2.75) is 32.8 Å². The number of ether oxygens (including phenoxy) is 1. The highest BCUT2D eigenvalue weighted by atomic mass is 19.1. The lowest BCUT2D eigenvalue weighted by atomic mass is 9.91. The Hall–Kier alpha value is -3.41. The van der Waals surface area contributed by atoms with E-state index in [9.17, 15) is 13.6 Å². The van der Waals surface area contributed by atoms with E-state index < -0.39 is 28.6 Å². The lowest BCUT2D eigenvalue weighted by molar-refractivity contribution is 0.0983. The van der Waals surface area contributed by atoms with Crippen LogP contribution in [0.15, 0.2) is 54.9 Å². The topological polar surface area (TPSA) is 52.1 Å². The van der Waals surface area contributed by atoms with Crippen molar-refractivity contribution in [3.63, 3.8) is 0 Å². The van der Waals surface area contributed by atoms with Crippen molar-refractivity contribution in [1.82, 2.24) is 9.97 Å². The van der Waals surface area contributed by atoms with Gasteiger partial charge >= 0.3 is 0 Å². The molecule has 2 aromatic carbocycles. The minimum Gasteiger partial charge on any atom is -0.483 e. The standard InChI is InChI=1S/C24H20F2N2O2/c1-14-6-4-7-16-17(11-24(2,3)30-23(14)16)20-13-27-15(12-28-20)10-21(29)22-18(25)8-5-9-19(22)26/h4-9,11-13H,10H2,1-3H3. The predicted octanol–water partition coefficient (Wildman–Crippen LogP) is 5.09. The van der Waals surface area contributed by atoms with E-state index >= 15 is 0 Å². The summed E-state index contributed by atoms with van der Waals surface area (Å²) < 4.78 is 33.8. The molecule has 0 atom stereocenters. The highest BCUT2D eigenvalue weighted by Crippen LogP contribution is 2.40. The molecule has 2 heterocycles. The number of para-hydroxylation sites is 1. The van der Waals surface area contributed by atoms with Gasteiger partial charge in [-0.25, -0.2) is 8.78 Å². The average molecular weight is 406 g/mol. The zero-order chi connectivity index (χ0) is 21.5. The number of benzene rings is 2. The van der Waals surface area contributed by atoms with Crippen LogP contribution in [0, 0.1) is 18.6 Å². The third-order valence-corrected chi connectivity index (χ3v) is 4.92. The summed E-state index contributed by atoms with van der Waals surface area (Å²) in [7, 11) is 0. The molecule has 0 radical (unpaired) electrons. The van der Waals surface area contributed by atoms with E-state index in [1.165, 1.54) is 12.3 Å². The summed E-state index contributed by atoms with van der Waals surface area (Å²) in [5, 5.41) is 0. The third-order valence-electron chi connectivity index (χ3n) is 4.92. The van der Waals surface area contributed by atoms with Crippen LogP contribution < -0.4 is 4.74 Å². The SMILES string of the molecule is Cc1cccc2c1OC(C)(C)C=C2c1cnc(CC(=O)c2c(F)cccc2F)cn1. The molecule has 152 valence electrons. The normalized spacial score (nSPS) is 14.5. The zero-order valence-corrected chi connectivity index (χ0v) is 16.9. The second kappa shape index (κ2) is 7.44. The molecule has 6 heteroatoms. The summed E-state index contributed by atoms with van der Waals surface area (Å²) in [6, 6.07) is 9.24. The summed E-state index contributed by atoms with van der Waals surface area (Å²) in [5.41, 5.74) is 2.72. The smallest absolute Gasteiger partial charge is 0.174 e. The number of hydrogen-bond donors (Lipinski definition) is 0. The maximum atomic E-state index is 13.8. The van der Waals surface area contributed by atoms with E-state index in [0.29, 0.717) is 11.4 Å². The summed E-state index contributed by atoms with van der Waals surface area (Å²) in [5.74, 6) is -1.64. The van der Waals surface area contributed by atoms with E-state index in [2.05, 4.69) is 9.97 Å². The van der Waals surface area contributed by atoms with Crippen molar-refractivity contribution in [2.24, 2.45) is 0 Å². The Balaban J connectivity index is 1.64. The monoisotopic (exact) mass is 406 g/mol. The van der Waals surface area contributed by atoms with Gasteiger partial charge in [-0.05, 0) is 44.5 Å². The van der Waals surface area contributed by atoms with Gasteiger partial charge < -0.3 is 4.74 Å². The molecule has 0 aliphatic carbocycles. The highest BCUT2D eigenvalue weighted by molar-refractivity contribution is 5.97. The molecular weight excluding hydrogens is 386 g/mol.